The zero-order valence-electron chi connectivity index (χ0n) is 9.58. The van der Waals surface area contributed by atoms with Crippen molar-refractivity contribution in [2.75, 3.05) is 14.2 Å². The molecule has 1 unspecified atom stereocenters. The first kappa shape index (κ1) is 14.0. The summed E-state index contributed by atoms with van der Waals surface area (Å²) in [4.78, 5) is 20.6. The number of benzene rings is 1. The van der Waals surface area contributed by atoms with Crippen LogP contribution in [0.1, 0.15) is 11.8 Å². The Kier molecular flexibility index (Phi) is 4.73. The summed E-state index contributed by atoms with van der Waals surface area (Å²) in [6.45, 7) is 0. The fourth-order valence-electron chi connectivity index (χ4n) is 1.33. The Hall–Kier alpha value is -2.02. The highest BCUT2D eigenvalue weighted by Gasteiger charge is 2.27. The molecule has 0 aliphatic heterocycles. The number of methoxy groups -OCH3 is 2. The highest BCUT2D eigenvalue weighted by Crippen LogP contribution is 2.31. The van der Waals surface area contributed by atoms with E-state index in [9.17, 15) is 14.9 Å². The van der Waals surface area contributed by atoms with Crippen LogP contribution in [0.5, 0.6) is 11.5 Å². The molecule has 0 aliphatic carbocycles. The summed E-state index contributed by atoms with van der Waals surface area (Å²) in [6.07, 6.45) is -1.69. The lowest BCUT2D eigenvalue weighted by molar-refractivity contribution is -0.574. The largest absolute Gasteiger partial charge is 0.493 e. The van der Waals surface area contributed by atoms with Crippen molar-refractivity contribution in [3.8, 4) is 11.5 Å². The van der Waals surface area contributed by atoms with Gasteiger partial charge < -0.3 is 14.2 Å². The number of hydrogen-bond donors (Lipinski definition) is 0. The third-order valence-corrected chi connectivity index (χ3v) is 2.18. The Morgan fingerprint density at radius 2 is 1.94 bits per heavy atom. The molecule has 1 aromatic rings. The molecule has 8 heteroatoms. The molecule has 0 heterocycles. The zero-order chi connectivity index (χ0) is 13.7. The Balaban J connectivity index is 3.13. The minimum atomic E-state index is -1.69. The van der Waals surface area contributed by atoms with E-state index in [2.05, 4.69) is 4.74 Å². The summed E-state index contributed by atoms with van der Waals surface area (Å²) in [6, 6.07) is 4.19. The van der Waals surface area contributed by atoms with Gasteiger partial charge in [-0.3, -0.25) is 10.1 Å². The second-order valence-corrected chi connectivity index (χ2v) is 3.42. The molecule has 0 spiro atoms. The molecule has 0 radical (unpaired) electrons. The van der Waals surface area contributed by atoms with Gasteiger partial charge in [0.15, 0.2) is 11.5 Å². The Morgan fingerprint density at radius 1 is 1.33 bits per heavy atom. The molecule has 98 valence electrons. The fourth-order valence-corrected chi connectivity index (χ4v) is 1.41. The molecule has 0 aromatic heterocycles. The van der Waals surface area contributed by atoms with Crippen LogP contribution in [0.15, 0.2) is 18.2 Å². The van der Waals surface area contributed by atoms with Gasteiger partial charge in [0.2, 0.25) is 0 Å². The average Bonchev–Trinajstić information content (AvgIpc) is 2.34. The highest BCUT2D eigenvalue weighted by molar-refractivity contribution is 6.61. The normalized spacial score (nSPS) is 11.5. The predicted molar refractivity (Wildman–Crippen MR) is 61.6 cm³/mol. The van der Waals surface area contributed by atoms with Gasteiger partial charge in [-0.1, -0.05) is 0 Å². The molecule has 0 saturated heterocycles. The molecule has 1 aromatic carbocycles. The number of rotatable bonds is 5. The number of halogens is 1. The molecule has 0 bridgehead atoms. The van der Waals surface area contributed by atoms with Crippen LogP contribution in [-0.2, 0) is 4.74 Å². The Morgan fingerprint density at radius 3 is 2.39 bits per heavy atom. The minimum absolute atomic E-state index is 0.117. The second-order valence-electron chi connectivity index (χ2n) is 3.11. The third-order valence-electron chi connectivity index (χ3n) is 2.09. The number of nitrogens with zero attached hydrogens (tertiary/aromatic N) is 1. The predicted octanol–water partition coefficient (Wildman–Crippen LogP) is 2.35. The Bertz CT molecular complexity index is 464. The van der Waals surface area contributed by atoms with Crippen molar-refractivity contribution in [2.24, 2.45) is 0 Å². The van der Waals surface area contributed by atoms with Crippen LogP contribution in [0.3, 0.4) is 0 Å². The van der Waals surface area contributed by atoms with Crippen LogP contribution in [0.25, 0.3) is 0 Å². The molecule has 7 nitrogen and oxygen atoms in total. The van der Waals surface area contributed by atoms with Crippen molar-refractivity contribution in [3.63, 3.8) is 0 Å². The van der Waals surface area contributed by atoms with Gasteiger partial charge in [0.05, 0.1) is 24.7 Å². The molecular weight excluding hydrogens is 266 g/mol. The third kappa shape index (κ3) is 3.24. The second kappa shape index (κ2) is 6.06. The van der Waals surface area contributed by atoms with E-state index in [4.69, 9.17) is 21.1 Å². The van der Waals surface area contributed by atoms with Gasteiger partial charge in [0.1, 0.15) is 0 Å². The van der Waals surface area contributed by atoms with Crippen LogP contribution in [-0.4, -0.2) is 24.6 Å². The van der Waals surface area contributed by atoms with Crippen molar-refractivity contribution in [1.82, 2.24) is 0 Å². The van der Waals surface area contributed by atoms with E-state index in [0.717, 1.165) is 0 Å². The lowest BCUT2D eigenvalue weighted by atomic mass is 10.2. The van der Waals surface area contributed by atoms with Crippen molar-refractivity contribution >= 4 is 17.0 Å². The van der Waals surface area contributed by atoms with Gasteiger partial charge in [-0.05, 0) is 18.2 Å². The maximum Gasteiger partial charge on any atom is 0.409 e. The van der Waals surface area contributed by atoms with E-state index in [0.29, 0.717) is 5.75 Å². The molecule has 0 aliphatic rings. The minimum Gasteiger partial charge on any atom is -0.493 e. The van der Waals surface area contributed by atoms with Gasteiger partial charge in [-0.25, -0.2) is 4.79 Å². The molecule has 0 amide bonds. The first-order valence-corrected chi connectivity index (χ1v) is 5.09. The zero-order valence-corrected chi connectivity index (χ0v) is 10.3. The van der Waals surface area contributed by atoms with E-state index < -0.39 is 16.6 Å². The standard InChI is InChI=1S/C10H10ClNO6/c1-16-7-4-3-6(5-8(7)17-2)9(12(14)15)18-10(11)13/h3-5,9H,1-2H3. The number of nitro groups is 1. The van der Waals surface area contributed by atoms with Crippen molar-refractivity contribution < 1.29 is 23.9 Å². The fraction of sp³-hybridized carbons (Fsp3) is 0.300. The van der Waals surface area contributed by atoms with Crippen LogP contribution < -0.4 is 9.47 Å². The molecule has 1 atom stereocenters. The van der Waals surface area contributed by atoms with Gasteiger partial charge in [-0.2, -0.15) is 0 Å². The average molecular weight is 276 g/mol. The van der Waals surface area contributed by atoms with Crippen LogP contribution in [0.4, 0.5) is 4.79 Å². The molecular formula is C10H10ClNO6. The lowest BCUT2D eigenvalue weighted by Gasteiger charge is -2.12. The van der Waals surface area contributed by atoms with E-state index >= 15 is 0 Å². The summed E-state index contributed by atoms with van der Waals surface area (Å²) in [5, 5.41) is 10.8. The summed E-state index contributed by atoms with van der Waals surface area (Å²) in [5.74, 6) is 0.688. The monoisotopic (exact) mass is 275 g/mol. The number of carbonyl (C=O) groups is 1. The van der Waals surface area contributed by atoms with E-state index in [1.165, 1.54) is 32.4 Å². The van der Waals surface area contributed by atoms with Gasteiger partial charge in [0, 0.05) is 11.6 Å². The summed E-state index contributed by atoms with van der Waals surface area (Å²) >= 11 is 4.98. The van der Waals surface area contributed by atoms with Crippen LogP contribution >= 0.6 is 11.6 Å². The number of ether oxygens (including phenoxy) is 3. The van der Waals surface area contributed by atoms with Crippen molar-refractivity contribution in [1.29, 1.82) is 0 Å². The Labute approximate surface area is 107 Å². The van der Waals surface area contributed by atoms with E-state index in [-0.39, 0.29) is 11.3 Å². The first-order chi connectivity index (χ1) is 8.49. The SMILES string of the molecule is COc1ccc(C(OC(=O)Cl)[N+](=O)[O-])cc1OC. The van der Waals surface area contributed by atoms with E-state index in [1.807, 2.05) is 0 Å². The van der Waals surface area contributed by atoms with Gasteiger partial charge in [0.25, 0.3) is 0 Å². The maximum atomic E-state index is 10.8. The lowest BCUT2D eigenvalue weighted by Crippen LogP contribution is -2.15. The quantitative estimate of drug-likeness (QED) is 0.355. The summed E-state index contributed by atoms with van der Waals surface area (Å²) in [7, 11) is 2.82. The maximum absolute atomic E-state index is 10.8. The van der Waals surface area contributed by atoms with Gasteiger partial charge >= 0.3 is 11.7 Å². The summed E-state index contributed by atoms with van der Waals surface area (Å²) < 4.78 is 14.4. The van der Waals surface area contributed by atoms with E-state index in [1.54, 1.807) is 0 Å². The number of hydrogen-bond acceptors (Lipinski definition) is 6. The molecule has 18 heavy (non-hydrogen) atoms. The van der Waals surface area contributed by atoms with Crippen LogP contribution in [0.2, 0.25) is 0 Å². The molecule has 0 saturated carbocycles. The topological polar surface area (TPSA) is 87.9 Å². The van der Waals surface area contributed by atoms with Crippen molar-refractivity contribution in [2.45, 2.75) is 6.23 Å². The smallest absolute Gasteiger partial charge is 0.409 e. The first-order valence-electron chi connectivity index (χ1n) is 4.71. The van der Waals surface area contributed by atoms with Crippen LogP contribution in [0, 0.1) is 10.1 Å². The van der Waals surface area contributed by atoms with Gasteiger partial charge in [-0.15, -0.1) is 0 Å². The molecule has 0 N–H and O–H groups in total. The molecule has 1 rings (SSSR count). The highest BCUT2D eigenvalue weighted by atomic mass is 35.5. The molecule has 0 fully saturated rings. The summed E-state index contributed by atoms with van der Waals surface area (Å²) in [5.41, 5.74) is -1.14. The van der Waals surface area contributed by atoms with Crippen molar-refractivity contribution in [3.05, 3.63) is 33.9 Å². The number of carbonyl (C=O) groups excluding carboxylic acids is 1.